The number of rotatable bonds is 3. The van der Waals surface area contributed by atoms with Crippen molar-refractivity contribution in [3.63, 3.8) is 0 Å². The average molecular weight is 342 g/mol. The van der Waals surface area contributed by atoms with Gasteiger partial charge in [-0.2, -0.15) is 0 Å². The van der Waals surface area contributed by atoms with Crippen molar-refractivity contribution in [2.45, 2.75) is 25.1 Å². The second-order valence-corrected chi connectivity index (χ2v) is 6.59. The minimum atomic E-state index is -0.0613. The highest BCUT2D eigenvalue weighted by molar-refractivity contribution is 5.92. The van der Waals surface area contributed by atoms with Gasteiger partial charge < -0.3 is 14.2 Å². The molecule has 0 spiro atoms. The molecule has 2 aromatic heterocycles. The monoisotopic (exact) mass is 342 g/mol. The Morgan fingerprint density at radius 1 is 1.28 bits per heavy atom. The van der Waals surface area contributed by atoms with E-state index in [0.29, 0.717) is 18.8 Å². The third-order valence-corrected chi connectivity index (χ3v) is 5.01. The minimum absolute atomic E-state index is 0.0465. The number of carbonyl (C=O) groups excluding carboxylic acids is 1. The van der Waals surface area contributed by atoms with E-state index in [9.17, 15) is 4.79 Å². The van der Waals surface area contributed by atoms with Crippen LogP contribution < -0.4 is 0 Å². The molecule has 2 aromatic rings. The molecular weight excluding hydrogens is 320 g/mol. The van der Waals surface area contributed by atoms with Gasteiger partial charge in [-0.25, -0.2) is 9.97 Å². The first kappa shape index (κ1) is 16.2. The Hall–Kier alpha value is -2.32. The van der Waals surface area contributed by atoms with Gasteiger partial charge in [0.1, 0.15) is 5.69 Å². The first-order valence-corrected chi connectivity index (χ1v) is 8.58. The van der Waals surface area contributed by atoms with Crippen LogP contribution in [0.4, 0.5) is 0 Å². The molecular formula is C17H22N6O2. The third-order valence-electron chi connectivity index (χ3n) is 5.01. The van der Waals surface area contributed by atoms with E-state index in [0.717, 1.165) is 26.1 Å². The van der Waals surface area contributed by atoms with Crippen LogP contribution in [-0.4, -0.2) is 73.6 Å². The summed E-state index contributed by atoms with van der Waals surface area (Å²) in [4.78, 5) is 29.5. The molecule has 0 saturated carbocycles. The fourth-order valence-electron chi connectivity index (χ4n) is 3.66. The summed E-state index contributed by atoms with van der Waals surface area (Å²) in [6.45, 7) is 3.75. The summed E-state index contributed by atoms with van der Waals surface area (Å²) in [6, 6.07) is 0.0465. The van der Waals surface area contributed by atoms with Crippen molar-refractivity contribution in [3.05, 3.63) is 42.5 Å². The molecule has 8 heteroatoms. The number of carbonyl (C=O) groups is 1. The van der Waals surface area contributed by atoms with E-state index in [4.69, 9.17) is 4.74 Å². The smallest absolute Gasteiger partial charge is 0.274 e. The molecule has 4 rings (SSSR count). The second kappa shape index (κ2) is 6.89. The molecule has 0 unspecified atom stereocenters. The summed E-state index contributed by atoms with van der Waals surface area (Å²) in [5.41, 5.74) is 1.56. The molecule has 2 atom stereocenters. The number of hydrogen-bond acceptors (Lipinski definition) is 6. The van der Waals surface area contributed by atoms with Gasteiger partial charge in [0.05, 0.1) is 37.0 Å². The Morgan fingerprint density at radius 2 is 2.20 bits per heavy atom. The Labute approximate surface area is 146 Å². The zero-order valence-electron chi connectivity index (χ0n) is 14.3. The lowest BCUT2D eigenvalue weighted by Gasteiger charge is -2.46. The summed E-state index contributed by atoms with van der Waals surface area (Å²) in [7, 11) is 2.00. The number of morpholine rings is 1. The molecule has 2 saturated heterocycles. The fourth-order valence-corrected chi connectivity index (χ4v) is 3.66. The highest BCUT2D eigenvalue weighted by Gasteiger charge is 2.39. The molecule has 0 bridgehead atoms. The van der Waals surface area contributed by atoms with Crippen LogP contribution in [0.15, 0.2) is 31.1 Å². The molecule has 25 heavy (non-hydrogen) atoms. The Balaban J connectivity index is 1.50. The van der Waals surface area contributed by atoms with Crippen LogP contribution in [0, 0.1) is 0 Å². The molecule has 0 aliphatic carbocycles. The second-order valence-electron chi connectivity index (χ2n) is 6.59. The van der Waals surface area contributed by atoms with E-state index < -0.39 is 0 Å². The molecule has 8 nitrogen and oxygen atoms in total. The number of fused-ring (bicyclic) bond motifs is 1. The van der Waals surface area contributed by atoms with Crippen LogP contribution in [0.1, 0.15) is 22.6 Å². The molecule has 0 N–H and O–H groups in total. The van der Waals surface area contributed by atoms with E-state index in [1.165, 1.54) is 11.9 Å². The molecule has 4 heterocycles. The molecule has 2 aliphatic heterocycles. The molecule has 2 fully saturated rings. The standard InChI is InChI=1S/C17H22N6O2/c1-21-12-19-8-13(21)10-22-5-2-16-15(11-22)23(6-7-25-16)17(24)14-9-18-3-4-20-14/h3-4,8-9,12,15-16H,2,5-7,10-11H2,1H3/t15-,16-/m1/s1. The number of aromatic nitrogens is 4. The summed E-state index contributed by atoms with van der Waals surface area (Å²) < 4.78 is 7.96. The van der Waals surface area contributed by atoms with Gasteiger partial charge in [-0.3, -0.25) is 14.7 Å². The van der Waals surface area contributed by atoms with Crippen molar-refractivity contribution in [2.75, 3.05) is 26.2 Å². The van der Waals surface area contributed by atoms with Gasteiger partial charge in [-0.05, 0) is 6.42 Å². The maximum Gasteiger partial charge on any atom is 0.274 e. The van der Waals surface area contributed by atoms with Crippen molar-refractivity contribution in [1.82, 2.24) is 29.3 Å². The Morgan fingerprint density at radius 3 is 2.96 bits per heavy atom. The van der Waals surface area contributed by atoms with Gasteiger partial charge in [-0.1, -0.05) is 0 Å². The van der Waals surface area contributed by atoms with E-state index in [1.54, 1.807) is 12.4 Å². The first-order chi connectivity index (χ1) is 12.2. The Kier molecular flexibility index (Phi) is 4.46. The third kappa shape index (κ3) is 3.27. The topological polar surface area (TPSA) is 76.4 Å². The highest BCUT2D eigenvalue weighted by atomic mass is 16.5. The first-order valence-electron chi connectivity index (χ1n) is 8.58. The van der Waals surface area contributed by atoms with Crippen LogP contribution in [0.5, 0.6) is 0 Å². The number of hydrogen-bond donors (Lipinski definition) is 0. The number of ether oxygens (including phenoxy) is 1. The van der Waals surface area contributed by atoms with E-state index in [2.05, 4.69) is 19.9 Å². The van der Waals surface area contributed by atoms with Crippen molar-refractivity contribution in [3.8, 4) is 0 Å². The maximum absolute atomic E-state index is 12.9. The number of likely N-dealkylation sites (tertiary alicyclic amines) is 1. The Bertz CT molecular complexity index is 734. The van der Waals surface area contributed by atoms with Gasteiger partial charge in [0, 0.05) is 51.8 Å². The van der Waals surface area contributed by atoms with Gasteiger partial charge in [0.25, 0.3) is 5.91 Å². The summed E-state index contributed by atoms with van der Waals surface area (Å²) in [6.07, 6.45) is 9.39. The van der Waals surface area contributed by atoms with E-state index >= 15 is 0 Å². The number of imidazole rings is 1. The van der Waals surface area contributed by atoms with E-state index in [-0.39, 0.29) is 18.1 Å². The van der Waals surface area contributed by atoms with Crippen molar-refractivity contribution < 1.29 is 9.53 Å². The van der Waals surface area contributed by atoms with Gasteiger partial charge in [0.15, 0.2) is 0 Å². The number of nitrogens with zero attached hydrogens (tertiary/aromatic N) is 6. The lowest BCUT2D eigenvalue weighted by atomic mass is 9.98. The predicted octanol–water partition coefficient (Wildman–Crippen LogP) is 0.326. The highest BCUT2D eigenvalue weighted by Crippen LogP contribution is 2.25. The average Bonchev–Trinajstić information content (AvgIpc) is 3.06. The summed E-state index contributed by atoms with van der Waals surface area (Å²) >= 11 is 0. The van der Waals surface area contributed by atoms with Crippen LogP contribution in [0.25, 0.3) is 0 Å². The van der Waals surface area contributed by atoms with Gasteiger partial charge in [-0.15, -0.1) is 0 Å². The zero-order chi connectivity index (χ0) is 17.2. The normalized spacial score (nSPS) is 24.1. The lowest BCUT2D eigenvalue weighted by Crippen LogP contribution is -2.61. The maximum atomic E-state index is 12.9. The van der Waals surface area contributed by atoms with E-state index in [1.807, 2.05) is 29.0 Å². The van der Waals surface area contributed by atoms with Crippen LogP contribution >= 0.6 is 0 Å². The zero-order valence-corrected chi connectivity index (χ0v) is 14.3. The largest absolute Gasteiger partial charge is 0.374 e. The summed E-state index contributed by atoms with van der Waals surface area (Å²) in [5.74, 6) is -0.0613. The minimum Gasteiger partial charge on any atom is -0.374 e. The van der Waals surface area contributed by atoms with Crippen LogP contribution in [-0.2, 0) is 18.3 Å². The van der Waals surface area contributed by atoms with Crippen molar-refractivity contribution in [2.24, 2.45) is 7.05 Å². The van der Waals surface area contributed by atoms with Crippen LogP contribution in [0.2, 0.25) is 0 Å². The SMILES string of the molecule is Cn1cncc1CN1CC[C@H]2OCCN(C(=O)c3cnccn3)[C@@H]2C1. The quantitative estimate of drug-likeness (QED) is 0.800. The lowest BCUT2D eigenvalue weighted by molar-refractivity contribution is -0.0917. The molecule has 1 amide bonds. The van der Waals surface area contributed by atoms with Crippen molar-refractivity contribution in [1.29, 1.82) is 0 Å². The number of amides is 1. The predicted molar refractivity (Wildman–Crippen MR) is 89.7 cm³/mol. The summed E-state index contributed by atoms with van der Waals surface area (Å²) in [5, 5.41) is 0. The van der Waals surface area contributed by atoms with Gasteiger partial charge >= 0.3 is 0 Å². The number of aryl methyl sites for hydroxylation is 1. The van der Waals surface area contributed by atoms with Gasteiger partial charge in [0.2, 0.25) is 0 Å². The molecule has 0 radical (unpaired) electrons. The number of piperidine rings is 1. The fraction of sp³-hybridized carbons (Fsp3) is 0.529. The van der Waals surface area contributed by atoms with Crippen molar-refractivity contribution >= 4 is 5.91 Å². The molecule has 132 valence electrons. The molecule has 0 aromatic carbocycles. The van der Waals surface area contributed by atoms with Crippen LogP contribution in [0.3, 0.4) is 0 Å². The molecule has 2 aliphatic rings.